The summed E-state index contributed by atoms with van der Waals surface area (Å²) in [6.45, 7) is 1.35. The summed E-state index contributed by atoms with van der Waals surface area (Å²) >= 11 is 0. The predicted molar refractivity (Wildman–Crippen MR) is 116 cm³/mol. The molecule has 1 heterocycles. The lowest BCUT2D eigenvalue weighted by Gasteiger charge is -2.11. The molecular formula is C23H19N5O3. The zero-order chi connectivity index (χ0) is 21.6. The highest BCUT2D eigenvalue weighted by molar-refractivity contribution is 6.21. The molecule has 0 saturated carbocycles. The van der Waals surface area contributed by atoms with E-state index < -0.39 is 11.9 Å². The Morgan fingerprint density at radius 2 is 1.55 bits per heavy atom. The van der Waals surface area contributed by atoms with Gasteiger partial charge in [-0.1, -0.05) is 36.4 Å². The lowest BCUT2D eigenvalue weighted by atomic mass is 10.2. The van der Waals surface area contributed by atoms with E-state index in [1.807, 2.05) is 36.4 Å². The van der Waals surface area contributed by atoms with Crippen LogP contribution in [-0.2, 0) is 9.59 Å². The number of rotatable bonds is 5. The van der Waals surface area contributed by atoms with Crippen molar-refractivity contribution in [3.63, 3.8) is 0 Å². The number of hydrogen-bond donors (Lipinski definition) is 1. The Bertz CT molecular complexity index is 1130. The molecule has 2 amide bonds. The number of nitrogens with zero attached hydrogens (tertiary/aromatic N) is 4. The third-order valence-corrected chi connectivity index (χ3v) is 4.32. The van der Waals surface area contributed by atoms with E-state index >= 15 is 0 Å². The highest BCUT2D eigenvalue weighted by Gasteiger charge is 2.37. The summed E-state index contributed by atoms with van der Waals surface area (Å²) in [5.41, 5.74) is 1.11. The number of para-hydroxylation sites is 2. The first-order valence-corrected chi connectivity index (χ1v) is 9.59. The lowest BCUT2D eigenvalue weighted by molar-refractivity contribution is -0.117. The lowest BCUT2D eigenvalue weighted by Crippen LogP contribution is -2.38. The van der Waals surface area contributed by atoms with Gasteiger partial charge in [0.1, 0.15) is 11.5 Å². The van der Waals surface area contributed by atoms with Gasteiger partial charge < -0.3 is 10.1 Å². The third-order valence-electron chi connectivity index (χ3n) is 4.32. The van der Waals surface area contributed by atoms with Crippen molar-refractivity contribution < 1.29 is 14.3 Å². The molecule has 0 aromatic heterocycles. The van der Waals surface area contributed by atoms with E-state index in [0.717, 1.165) is 5.75 Å². The van der Waals surface area contributed by atoms with Crippen molar-refractivity contribution >= 4 is 29.0 Å². The highest BCUT2D eigenvalue weighted by Crippen LogP contribution is 2.25. The van der Waals surface area contributed by atoms with Crippen LogP contribution < -0.4 is 15.1 Å². The van der Waals surface area contributed by atoms with Crippen LogP contribution >= 0.6 is 0 Å². The van der Waals surface area contributed by atoms with Gasteiger partial charge in [0.25, 0.3) is 5.91 Å². The van der Waals surface area contributed by atoms with E-state index in [0.29, 0.717) is 17.1 Å². The van der Waals surface area contributed by atoms with E-state index in [-0.39, 0.29) is 11.7 Å². The molecule has 1 aliphatic heterocycles. The number of hydrazone groups is 1. The molecule has 1 atom stereocenters. The van der Waals surface area contributed by atoms with Gasteiger partial charge in [0.05, 0.1) is 11.4 Å². The summed E-state index contributed by atoms with van der Waals surface area (Å²) in [6.07, 6.45) is 0. The second kappa shape index (κ2) is 9.00. The van der Waals surface area contributed by atoms with Crippen molar-refractivity contribution in [2.75, 3.05) is 5.01 Å². The first-order valence-electron chi connectivity index (χ1n) is 9.59. The molecule has 1 aliphatic rings. The molecule has 8 nitrogen and oxygen atoms in total. The zero-order valence-electron chi connectivity index (χ0n) is 16.7. The van der Waals surface area contributed by atoms with Gasteiger partial charge in [0.15, 0.2) is 5.84 Å². The van der Waals surface area contributed by atoms with E-state index in [1.165, 1.54) is 11.9 Å². The molecule has 0 radical (unpaired) electrons. The summed E-state index contributed by atoms with van der Waals surface area (Å²) in [4.78, 5) is 24.4. The number of azo groups is 1. The normalized spacial score (nSPS) is 15.8. The molecule has 0 bridgehead atoms. The van der Waals surface area contributed by atoms with Crippen LogP contribution in [-0.4, -0.2) is 23.7 Å². The molecule has 1 N–H and O–H groups in total. The molecule has 8 heteroatoms. The van der Waals surface area contributed by atoms with Crippen LogP contribution in [0.25, 0.3) is 0 Å². The molecule has 1 unspecified atom stereocenters. The number of hydrogen-bond acceptors (Lipinski definition) is 6. The molecule has 3 aromatic carbocycles. The quantitative estimate of drug-likeness (QED) is 0.627. The minimum Gasteiger partial charge on any atom is -0.457 e. The fourth-order valence-corrected chi connectivity index (χ4v) is 2.91. The molecular weight excluding hydrogens is 394 g/mol. The summed E-state index contributed by atoms with van der Waals surface area (Å²) in [7, 11) is 0. The monoisotopic (exact) mass is 413 g/mol. The molecule has 154 valence electrons. The minimum absolute atomic E-state index is 0.133. The van der Waals surface area contributed by atoms with Crippen LogP contribution in [0.3, 0.4) is 0 Å². The van der Waals surface area contributed by atoms with E-state index in [2.05, 4.69) is 20.6 Å². The van der Waals surface area contributed by atoms with E-state index in [4.69, 9.17) is 4.74 Å². The first-order chi connectivity index (χ1) is 15.1. The van der Waals surface area contributed by atoms with Gasteiger partial charge in [0, 0.05) is 6.92 Å². The first kappa shape index (κ1) is 20.0. The summed E-state index contributed by atoms with van der Waals surface area (Å²) < 4.78 is 5.75. The number of anilines is 1. The Balaban J connectivity index is 1.50. The highest BCUT2D eigenvalue weighted by atomic mass is 16.5. The van der Waals surface area contributed by atoms with Crippen molar-refractivity contribution in [2.45, 2.75) is 13.0 Å². The van der Waals surface area contributed by atoms with Crippen LogP contribution in [0.2, 0.25) is 0 Å². The Labute approximate surface area is 178 Å². The smallest absolute Gasteiger partial charge is 0.282 e. The molecule has 0 aliphatic carbocycles. The van der Waals surface area contributed by atoms with E-state index in [1.54, 1.807) is 48.5 Å². The number of amides is 2. The summed E-state index contributed by atoms with van der Waals surface area (Å²) in [6, 6.07) is 24.3. The topological polar surface area (TPSA) is 95.7 Å². The number of ether oxygens (including phenoxy) is 1. The van der Waals surface area contributed by atoms with Crippen LogP contribution in [0.5, 0.6) is 11.5 Å². The number of nitrogens with one attached hydrogen (secondary N) is 1. The van der Waals surface area contributed by atoms with Gasteiger partial charge in [0.2, 0.25) is 11.9 Å². The van der Waals surface area contributed by atoms with Crippen molar-refractivity contribution in [1.82, 2.24) is 5.32 Å². The average Bonchev–Trinajstić information content (AvgIpc) is 3.09. The zero-order valence-corrected chi connectivity index (χ0v) is 16.7. The van der Waals surface area contributed by atoms with Crippen LogP contribution in [0, 0.1) is 0 Å². The van der Waals surface area contributed by atoms with Crippen molar-refractivity contribution in [1.29, 1.82) is 0 Å². The summed E-state index contributed by atoms with van der Waals surface area (Å²) in [5, 5.41) is 16.3. The standard InChI is InChI=1S/C23H19N5O3/c1-16(29)24-22-21(23(30)28(27-22)18-8-4-2-5-9-18)26-25-17-12-14-20(15-13-17)31-19-10-6-3-7-11-19/h2-15,21H,1H3,(H,24,27,29). The molecule has 3 aromatic rings. The van der Waals surface area contributed by atoms with Crippen molar-refractivity contribution in [3.8, 4) is 11.5 Å². The molecule has 0 saturated heterocycles. The Kier molecular flexibility index (Phi) is 5.79. The maximum Gasteiger partial charge on any atom is 0.282 e. The Morgan fingerprint density at radius 1 is 0.935 bits per heavy atom. The average molecular weight is 413 g/mol. The molecule has 0 spiro atoms. The van der Waals surface area contributed by atoms with Gasteiger partial charge in [-0.05, 0) is 48.5 Å². The van der Waals surface area contributed by atoms with Crippen molar-refractivity contribution in [2.24, 2.45) is 15.3 Å². The number of carbonyl (C=O) groups excluding carboxylic acids is 2. The molecule has 4 rings (SSSR count). The largest absolute Gasteiger partial charge is 0.457 e. The van der Waals surface area contributed by atoms with E-state index in [9.17, 15) is 9.59 Å². The van der Waals surface area contributed by atoms with Gasteiger partial charge in [-0.25, -0.2) is 0 Å². The maximum absolute atomic E-state index is 12.9. The minimum atomic E-state index is -1.04. The van der Waals surface area contributed by atoms with Gasteiger partial charge in [-0.2, -0.15) is 15.2 Å². The fraction of sp³-hybridized carbons (Fsp3) is 0.0870. The third kappa shape index (κ3) is 4.81. The number of carbonyl (C=O) groups is 2. The van der Waals surface area contributed by atoms with Crippen LogP contribution in [0.15, 0.2) is 100 Å². The number of amidine groups is 1. The second-order valence-corrected chi connectivity index (χ2v) is 6.68. The van der Waals surface area contributed by atoms with Crippen LogP contribution in [0.4, 0.5) is 11.4 Å². The van der Waals surface area contributed by atoms with Crippen molar-refractivity contribution in [3.05, 3.63) is 84.9 Å². The molecule has 0 fully saturated rings. The second-order valence-electron chi connectivity index (χ2n) is 6.68. The Hall–Kier alpha value is -4.33. The SMILES string of the molecule is CC(=O)NC1=NN(c2ccccc2)C(=O)C1N=Nc1ccc(Oc2ccccc2)cc1. The summed E-state index contributed by atoms with van der Waals surface area (Å²) in [5.74, 6) is 0.768. The predicted octanol–water partition coefficient (Wildman–Crippen LogP) is 4.43. The van der Waals surface area contributed by atoms with Gasteiger partial charge in [-0.3, -0.25) is 9.59 Å². The number of benzene rings is 3. The molecule has 31 heavy (non-hydrogen) atoms. The van der Waals surface area contributed by atoms with Gasteiger partial charge >= 0.3 is 0 Å². The van der Waals surface area contributed by atoms with Gasteiger partial charge in [-0.15, -0.1) is 5.10 Å². The Morgan fingerprint density at radius 3 is 2.19 bits per heavy atom. The van der Waals surface area contributed by atoms with Crippen LogP contribution in [0.1, 0.15) is 6.92 Å². The fourth-order valence-electron chi connectivity index (χ4n) is 2.91. The maximum atomic E-state index is 12.9.